The first-order valence-electron chi connectivity index (χ1n) is 8.25. The fourth-order valence-corrected chi connectivity index (χ4v) is 2.23. The highest BCUT2D eigenvalue weighted by molar-refractivity contribution is 5.94. The largest absolute Gasteiger partial charge is 0.423 e. The van der Waals surface area contributed by atoms with Gasteiger partial charge < -0.3 is 4.74 Å². The summed E-state index contributed by atoms with van der Waals surface area (Å²) in [5.41, 5.74) is 4.83. The summed E-state index contributed by atoms with van der Waals surface area (Å²) in [6, 6.07) is 19.0. The average Bonchev–Trinajstić information content (AvgIpc) is 2.69. The van der Waals surface area contributed by atoms with Gasteiger partial charge in [0.05, 0.1) is 17.3 Å². The summed E-state index contributed by atoms with van der Waals surface area (Å²) in [7, 11) is 0. The first-order valence-corrected chi connectivity index (χ1v) is 8.25. The lowest BCUT2D eigenvalue weighted by Gasteiger charge is -2.05. The Hall–Kier alpha value is -3.80. The van der Waals surface area contributed by atoms with Crippen LogP contribution >= 0.6 is 0 Å². The fraction of sp³-hybridized carbons (Fsp3) is 0.0476. The fourth-order valence-electron chi connectivity index (χ4n) is 2.23. The second-order valence-corrected chi connectivity index (χ2v) is 5.72. The van der Waals surface area contributed by atoms with E-state index in [9.17, 15) is 9.59 Å². The van der Waals surface area contributed by atoms with E-state index in [0.29, 0.717) is 22.4 Å². The number of esters is 1. The van der Waals surface area contributed by atoms with Gasteiger partial charge in [0.25, 0.3) is 5.91 Å². The lowest BCUT2D eigenvalue weighted by atomic mass is 10.2. The molecule has 0 saturated heterocycles. The summed E-state index contributed by atoms with van der Waals surface area (Å²) < 4.78 is 5.35. The molecule has 0 saturated carbocycles. The smallest absolute Gasteiger partial charge is 0.343 e. The summed E-state index contributed by atoms with van der Waals surface area (Å²) in [6.45, 7) is 1.84. The first kappa shape index (κ1) is 18.0. The summed E-state index contributed by atoms with van der Waals surface area (Å²) in [5, 5.41) is 3.93. The molecule has 0 aliphatic heterocycles. The van der Waals surface area contributed by atoms with E-state index >= 15 is 0 Å². The quantitative estimate of drug-likeness (QED) is 0.328. The van der Waals surface area contributed by atoms with Crippen molar-refractivity contribution in [3.8, 4) is 5.75 Å². The summed E-state index contributed by atoms with van der Waals surface area (Å²) in [5.74, 6) is -0.405. The van der Waals surface area contributed by atoms with Crippen molar-refractivity contribution in [1.29, 1.82) is 0 Å². The van der Waals surface area contributed by atoms with Crippen molar-refractivity contribution < 1.29 is 14.3 Å². The van der Waals surface area contributed by atoms with Crippen molar-refractivity contribution >= 4 is 18.1 Å². The Morgan fingerprint density at radius 3 is 2.56 bits per heavy atom. The number of nitrogens with zero attached hydrogens (tertiary/aromatic N) is 2. The molecule has 0 unspecified atom stereocenters. The van der Waals surface area contributed by atoms with Gasteiger partial charge in [0.1, 0.15) is 5.75 Å². The molecule has 27 heavy (non-hydrogen) atoms. The standard InChI is InChI=1S/C21H17N3O3/c1-15-10-11-18(14-22-15)20(25)24-23-13-16-6-5-9-19(12-16)27-21(26)17-7-3-2-4-8-17/h2-14H,1H3,(H,24,25)/b23-13-. The Morgan fingerprint density at radius 2 is 1.81 bits per heavy atom. The normalized spacial score (nSPS) is 10.6. The van der Waals surface area contributed by atoms with E-state index in [2.05, 4.69) is 15.5 Å². The maximum Gasteiger partial charge on any atom is 0.343 e. The number of aromatic nitrogens is 1. The van der Waals surface area contributed by atoms with E-state index in [1.807, 2.05) is 13.0 Å². The van der Waals surface area contributed by atoms with E-state index in [0.717, 1.165) is 5.69 Å². The number of nitrogens with one attached hydrogen (secondary N) is 1. The topological polar surface area (TPSA) is 80.6 Å². The van der Waals surface area contributed by atoms with Gasteiger partial charge in [-0.2, -0.15) is 5.10 Å². The third-order valence-electron chi connectivity index (χ3n) is 3.63. The predicted octanol–water partition coefficient (Wildman–Crippen LogP) is 3.37. The van der Waals surface area contributed by atoms with Gasteiger partial charge in [-0.25, -0.2) is 10.2 Å². The molecule has 0 spiro atoms. The van der Waals surface area contributed by atoms with Crippen LogP contribution in [0.5, 0.6) is 5.75 Å². The minimum atomic E-state index is -0.440. The molecule has 6 heteroatoms. The van der Waals surface area contributed by atoms with E-state index in [-0.39, 0.29) is 5.91 Å². The van der Waals surface area contributed by atoms with Crippen LogP contribution in [0.2, 0.25) is 0 Å². The first-order chi connectivity index (χ1) is 13.1. The van der Waals surface area contributed by atoms with Crippen LogP contribution in [0.3, 0.4) is 0 Å². The van der Waals surface area contributed by atoms with Gasteiger partial charge in [-0.1, -0.05) is 30.3 Å². The maximum absolute atomic E-state index is 12.1. The summed E-state index contributed by atoms with van der Waals surface area (Å²) in [4.78, 5) is 28.1. The molecule has 1 heterocycles. The van der Waals surface area contributed by atoms with Gasteiger partial charge in [-0.05, 0) is 48.9 Å². The van der Waals surface area contributed by atoms with Gasteiger partial charge >= 0.3 is 5.97 Å². The molecule has 0 fully saturated rings. The van der Waals surface area contributed by atoms with Crippen molar-refractivity contribution in [2.45, 2.75) is 6.92 Å². The number of benzene rings is 2. The Labute approximate surface area is 156 Å². The second kappa shape index (κ2) is 8.53. The van der Waals surface area contributed by atoms with E-state index in [4.69, 9.17) is 4.74 Å². The van der Waals surface area contributed by atoms with Crippen LogP contribution < -0.4 is 10.2 Å². The Balaban J connectivity index is 1.61. The van der Waals surface area contributed by atoms with E-state index in [1.54, 1.807) is 60.7 Å². The Bertz CT molecular complexity index is 967. The highest BCUT2D eigenvalue weighted by Gasteiger charge is 2.08. The van der Waals surface area contributed by atoms with Crippen LogP contribution in [0, 0.1) is 6.92 Å². The van der Waals surface area contributed by atoms with Crippen LogP contribution in [0.1, 0.15) is 32.0 Å². The zero-order chi connectivity index (χ0) is 19.1. The SMILES string of the molecule is Cc1ccc(C(=O)N/N=C\c2cccc(OC(=O)c3ccccc3)c2)cn1. The number of hydrogen-bond donors (Lipinski definition) is 1. The van der Waals surface area contributed by atoms with Crippen molar-refractivity contribution in [3.63, 3.8) is 0 Å². The van der Waals surface area contributed by atoms with Crippen molar-refractivity contribution in [2.75, 3.05) is 0 Å². The Kier molecular flexibility index (Phi) is 5.69. The van der Waals surface area contributed by atoms with Crippen molar-refractivity contribution in [2.24, 2.45) is 5.10 Å². The lowest BCUT2D eigenvalue weighted by molar-refractivity contribution is 0.0734. The monoisotopic (exact) mass is 359 g/mol. The molecular weight excluding hydrogens is 342 g/mol. The molecule has 1 amide bonds. The number of ether oxygens (including phenoxy) is 1. The van der Waals surface area contributed by atoms with Crippen molar-refractivity contribution in [3.05, 3.63) is 95.3 Å². The van der Waals surface area contributed by atoms with E-state index in [1.165, 1.54) is 12.4 Å². The zero-order valence-electron chi connectivity index (χ0n) is 14.6. The minimum absolute atomic E-state index is 0.356. The molecule has 6 nitrogen and oxygen atoms in total. The van der Waals surface area contributed by atoms with Crippen LogP contribution in [0.4, 0.5) is 0 Å². The molecule has 1 aromatic heterocycles. The molecule has 3 aromatic rings. The number of hydrogen-bond acceptors (Lipinski definition) is 5. The van der Waals surface area contributed by atoms with Gasteiger partial charge in [0, 0.05) is 11.9 Å². The lowest BCUT2D eigenvalue weighted by Crippen LogP contribution is -2.17. The maximum atomic E-state index is 12.1. The van der Waals surface area contributed by atoms with Crippen molar-refractivity contribution in [1.82, 2.24) is 10.4 Å². The van der Waals surface area contributed by atoms with E-state index < -0.39 is 5.97 Å². The van der Waals surface area contributed by atoms with Gasteiger partial charge in [0.15, 0.2) is 0 Å². The number of rotatable bonds is 5. The highest BCUT2D eigenvalue weighted by Crippen LogP contribution is 2.14. The molecule has 0 atom stereocenters. The molecule has 0 bridgehead atoms. The molecule has 2 aromatic carbocycles. The molecule has 134 valence electrons. The van der Waals surface area contributed by atoms with Gasteiger partial charge in [-0.15, -0.1) is 0 Å². The number of hydrazone groups is 1. The molecule has 1 N–H and O–H groups in total. The second-order valence-electron chi connectivity index (χ2n) is 5.72. The van der Waals surface area contributed by atoms with Crippen LogP contribution in [-0.2, 0) is 0 Å². The molecular formula is C21H17N3O3. The number of carbonyl (C=O) groups excluding carboxylic acids is 2. The number of pyridine rings is 1. The van der Waals surface area contributed by atoms with Gasteiger partial charge in [-0.3, -0.25) is 9.78 Å². The van der Waals surface area contributed by atoms with Crippen LogP contribution in [0.25, 0.3) is 0 Å². The van der Waals surface area contributed by atoms with Crippen LogP contribution in [0.15, 0.2) is 78.0 Å². The number of amides is 1. The summed E-state index contributed by atoms with van der Waals surface area (Å²) >= 11 is 0. The average molecular weight is 359 g/mol. The molecule has 3 rings (SSSR count). The molecule has 0 aliphatic rings. The summed E-state index contributed by atoms with van der Waals surface area (Å²) in [6.07, 6.45) is 2.96. The minimum Gasteiger partial charge on any atom is -0.423 e. The highest BCUT2D eigenvalue weighted by atomic mass is 16.5. The number of carbonyl (C=O) groups is 2. The predicted molar refractivity (Wildman–Crippen MR) is 102 cm³/mol. The third kappa shape index (κ3) is 5.09. The molecule has 0 radical (unpaired) electrons. The number of aryl methyl sites for hydroxylation is 1. The van der Waals surface area contributed by atoms with Gasteiger partial charge in [0.2, 0.25) is 0 Å². The van der Waals surface area contributed by atoms with Crippen LogP contribution in [-0.4, -0.2) is 23.1 Å². The third-order valence-corrected chi connectivity index (χ3v) is 3.63. The Morgan fingerprint density at radius 1 is 1.00 bits per heavy atom. The zero-order valence-corrected chi connectivity index (χ0v) is 14.6. The molecule has 0 aliphatic carbocycles.